The van der Waals surface area contributed by atoms with Crippen molar-refractivity contribution in [1.82, 2.24) is 0 Å². The summed E-state index contributed by atoms with van der Waals surface area (Å²) in [6, 6.07) is 14.4. The molecule has 0 aliphatic carbocycles. The number of hydrogen-bond donors (Lipinski definition) is 1. The summed E-state index contributed by atoms with van der Waals surface area (Å²) >= 11 is 6.11. The Labute approximate surface area is 103 Å². The molecule has 0 atom stereocenters. The van der Waals surface area contributed by atoms with Gasteiger partial charge in [-0.3, -0.25) is 0 Å². The summed E-state index contributed by atoms with van der Waals surface area (Å²) in [7, 11) is 0. The Hall–Kier alpha value is -1.93. The zero-order valence-corrected chi connectivity index (χ0v) is 9.61. The van der Waals surface area contributed by atoms with Crippen LogP contribution in [0.2, 0.25) is 5.02 Å². The summed E-state index contributed by atoms with van der Waals surface area (Å²) in [5.41, 5.74) is 1.59. The van der Waals surface area contributed by atoms with Crippen molar-refractivity contribution in [2.24, 2.45) is 0 Å². The van der Waals surface area contributed by atoms with Crippen LogP contribution in [0.5, 0.6) is 5.75 Å². The highest BCUT2D eigenvalue weighted by Crippen LogP contribution is 2.33. The Balaban J connectivity index is 2.22. The number of benzene rings is 2. The molecule has 17 heavy (non-hydrogen) atoms. The minimum atomic E-state index is 0.226. The summed E-state index contributed by atoms with van der Waals surface area (Å²) in [6.45, 7) is 0. The highest BCUT2D eigenvalue weighted by atomic mass is 35.5. The number of phenols is 1. The minimum Gasteiger partial charge on any atom is -0.508 e. The van der Waals surface area contributed by atoms with E-state index in [1.165, 1.54) is 0 Å². The third-order valence-electron chi connectivity index (χ3n) is 2.64. The van der Waals surface area contributed by atoms with E-state index in [4.69, 9.17) is 16.0 Å². The number of furan rings is 1. The highest BCUT2D eigenvalue weighted by molar-refractivity contribution is 6.33. The van der Waals surface area contributed by atoms with Crippen LogP contribution >= 0.6 is 11.6 Å². The summed E-state index contributed by atoms with van der Waals surface area (Å²) in [6.07, 6.45) is 0. The van der Waals surface area contributed by atoms with Crippen molar-refractivity contribution in [2.75, 3.05) is 0 Å². The monoisotopic (exact) mass is 244 g/mol. The van der Waals surface area contributed by atoms with Gasteiger partial charge in [-0.1, -0.05) is 23.7 Å². The van der Waals surface area contributed by atoms with Crippen molar-refractivity contribution in [1.29, 1.82) is 0 Å². The molecule has 2 nitrogen and oxygen atoms in total. The van der Waals surface area contributed by atoms with Gasteiger partial charge >= 0.3 is 0 Å². The van der Waals surface area contributed by atoms with E-state index in [1.54, 1.807) is 18.2 Å². The van der Waals surface area contributed by atoms with Gasteiger partial charge in [0.1, 0.15) is 17.1 Å². The fraction of sp³-hybridized carbons (Fsp3) is 0. The lowest BCUT2D eigenvalue weighted by Gasteiger charge is -1.98. The van der Waals surface area contributed by atoms with E-state index in [0.29, 0.717) is 10.8 Å². The molecule has 0 aliphatic rings. The zero-order valence-electron chi connectivity index (χ0n) is 8.85. The first-order chi connectivity index (χ1) is 8.24. The van der Waals surface area contributed by atoms with E-state index in [0.717, 1.165) is 16.5 Å². The van der Waals surface area contributed by atoms with E-state index in [1.807, 2.05) is 30.3 Å². The van der Waals surface area contributed by atoms with Crippen molar-refractivity contribution in [3.8, 4) is 17.1 Å². The summed E-state index contributed by atoms with van der Waals surface area (Å²) in [5.74, 6) is 0.931. The van der Waals surface area contributed by atoms with Gasteiger partial charge in [-0.15, -0.1) is 0 Å². The van der Waals surface area contributed by atoms with Crippen molar-refractivity contribution < 1.29 is 9.52 Å². The van der Waals surface area contributed by atoms with Crippen molar-refractivity contribution >= 4 is 22.6 Å². The SMILES string of the molecule is Oc1ccc2oc(-c3ccccc3Cl)cc2c1. The number of phenolic OH excluding ortho intramolecular Hbond substituents is 1. The lowest BCUT2D eigenvalue weighted by atomic mass is 10.1. The molecule has 3 aromatic rings. The smallest absolute Gasteiger partial charge is 0.136 e. The van der Waals surface area contributed by atoms with Gasteiger partial charge in [-0.25, -0.2) is 0 Å². The Morgan fingerprint density at radius 2 is 1.82 bits per heavy atom. The third kappa shape index (κ3) is 1.77. The van der Waals surface area contributed by atoms with Crippen LogP contribution in [-0.4, -0.2) is 5.11 Å². The fourth-order valence-electron chi connectivity index (χ4n) is 1.82. The van der Waals surface area contributed by atoms with E-state index >= 15 is 0 Å². The molecule has 0 spiro atoms. The van der Waals surface area contributed by atoms with Crippen LogP contribution in [0.15, 0.2) is 52.9 Å². The van der Waals surface area contributed by atoms with Gasteiger partial charge in [0.2, 0.25) is 0 Å². The van der Waals surface area contributed by atoms with Crippen LogP contribution in [-0.2, 0) is 0 Å². The molecule has 3 rings (SSSR count). The van der Waals surface area contributed by atoms with Crippen molar-refractivity contribution in [3.05, 3.63) is 53.6 Å². The fourth-order valence-corrected chi connectivity index (χ4v) is 2.05. The number of halogens is 1. The zero-order chi connectivity index (χ0) is 11.8. The number of hydrogen-bond acceptors (Lipinski definition) is 2. The first kappa shape index (κ1) is 10.2. The number of rotatable bonds is 1. The average Bonchev–Trinajstić information content (AvgIpc) is 2.72. The second-order valence-corrected chi connectivity index (χ2v) is 4.22. The lowest BCUT2D eigenvalue weighted by molar-refractivity contribution is 0.476. The van der Waals surface area contributed by atoms with Gasteiger partial charge < -0.3 is 9.52 Å². The molecule has 0 aliphatic heterocycles. The third-order valence-corrected chi connectivity index (χ3v) is 2.97. The Kier molecular flexibility index (Phi) is 2.30. The van der Waals surface area contributed by atoms with Crippen LogP contribution in [0.25, 0.3) is 22.3 Å². The number of fused-ring (bicyclic) bond motifs is 1. The molecule has 2 aromatic carbocycles. The first-order valence-electron chi connectivity index (χ1n) is 5.21. The van der Waals surface area contributed by atoms with Crippen molar-refractivity contribution in [2.45, 2.75) is 0 Å². The van der Waals surface area contributed by atoms with E-state index < -0.39 is 0 Å². The van der Waals surface area contributed by atoms with Gasteiger partial charge in [0.05, 0.1) is 5.02 Å². The van der Waals surface area contributed by atoms with Crippen LogP contribution in [0.3, 0.4) is 0 Å². The van der Waals surface area contributed by atoms with Crippen LogP contribution in [0.1, 0.15) is 0 Å². The first-order valence-corrected chi connectivity index (χ1v) is 5.59. The normalized spacial score (nSPS) is 10.9. The maximum Gasteiger partial charge on any atom is 0.136 e. The maximum atomic E-state index is 9.40. The van der Waals surface area contributed by atoms with Crippen molar-refractivity contribution in [3.63, 3.8) is 0 Å². The molecule has 84 valence electrons. The Morgan fingerprint density at radius 1 is 1.00 bits per heavy atom. The Bertz CT molecular complexity index is 686. The quantitative estimate of drug-likeness (QED) is 0.686. The van der Waals surface area contributed by atoms with Gasteiger partial charge in [-0.05, 0) is 36.4 Å². The van der Waals surface area contributed by atoms with E-state index in [-0.39, 0.29) is 5.75 Å². The molecular formula is C14H9ClO2. The molecule has 1 N–H and O–H groups in total. The van der Waals surface area contributed by atoms with E-state index in [2.05, 4.69) is 0 Å². The second-order valence-electron chi connectivity index (χ2n) is 3.81. The molecule has 0 saturated carbocycles. The number of aromatic hydroxyl groups is 1. The van der Waals surface area contributed by atoms with Crippen LogP contribution < -0.4 is 0 Å². The lowest BCUT2D eigenvalue weighted by Crippen LogP contribution is -1.73. The largest absolute Gasteiger partial charge is 0.508 e. The molecule has 0 unspecified atom stereocenters. The van der Waals surface area contributed by atoms with Gasteiger partial charge in [0, 0.05) is 10.9 Å². The maximum absolute atomic E-state index is 9.40. The molecule has 0 amide bonds. The molecule has 0 saturated heterocycles. The average molecular weight is 245 g/mol. The summed E-state index contributed by atoms with van der Waals surface area (Å²) in [4.78, 5) is 0. The minimum absolute atomic E-state index is 0.226. The standard InChI is InChI=1S/C14H9ClO2/c15-12-4-2-1-3-11(12)14-8-9-7-10(16)5-6-13(9)17-14/h1-8,16H. The molecule has 3 heteroatoms. The predicted octanol–water partition coefficient (Wildman–Crippen LogP) is 4.46. The van der Waals surface area contributed by atoms with Gasteiger partial charge in [0.15, 0.2) is 0 Å². The molecule has 0 fully saturated rings. The van der Waals surface area contributed by atoms with Crippen LogP contribution in [0, 0.1) is 0 Å². The van der Waals surface area contributed by atoms with E-state index in [9.17, 15) is 5.11 Å². The summed E-state index contributed by atoms with van der Waals surface area (Å²) in [5, 5.41) is 10.9. The molecular weight excluding hydrogens is 236 g/mol. The highest BCUT2D eigenvalue weighted by Gasteiger charge is 2.09. The summed E-state index contributed by atoms with van der Waals surface area (Å²) < 4.78 is 5.69. The van der Waals surface area contributed by atoms with Gasteiger partial charge in [-0.2, -0.15) is 0 Å². The molecule has 0 bridgehead atoms. The molecule has 0 radical (unpaired) electrons. The van der Waals surface area contributed by atoms with Crippen LogP contribution in [0.4, 0.5) is 0 Å². The molecule has 1 aromatic heterocycles. The topological polar surface area (TPSA) is 33.4 Å². The molecule has 1 heterocycles. The second kappa shape index (κ2) is 3.82. The predicted molar refractivity (Wildman–Crippen MR) is 68.3 cm³/mol. The Morgan fingerprint density at radius 3 is 2.65 bits per heavy atom. The van der Waals surface area contributed by atoms with Gasteiger partial charge in [0.25, 0.3) is 0 Å².